The second-order valence-corrected chi connectivity index (χ2v) is 5.67. The average molecular weight is 352 g/mol. The molecular weight excluding hydrogens is 344 g/mol. The van der Waals surface area contributed by atoms with Crippen LogP contribution in [0.4, 0.5) is 5.69 Å². The summed E-state index contributed by atoms with van der Waals surface area (Å²) in [5.41, 5.74) is 1.86. The van der Waals surface area contributed by atoms with Crippen LogP contribution in [0, 0.1) is 0 Å². The van der Waals surface area contributed by atoms with Crippen LogP contribution in [0.2, 0.25) is 5.15 Å². The monoisotopic (exact) mass is 350 g/mol. The molecule has 0 spiro atoms. The Morgan fingerprint density at radius 1 is 1.20 bits per heavy atom. The van der Waals surface area contributed by atoms with E-state index in [2.05, 4.69) is 20.9 Å². The Labute approximate surface area is 128 Å². The van der Waals surface area contributed by atoms with Gasteiger partial charge in [0, 0.05) is 10.7 Å². The highest BCUT2D eigenvalue weighted by Crippen LogP contribution is 2.32. The fourth-order valence-corrected chi connectivity index (χ4v) is 2.69. The van der Waals surface area contributed by atoms with Crippen molar-refractivity contribution in [2.45, 2.75) is 6.54 Å². The predicted octanol–water partition coefficient (Wildman–Crippen LogP) is 3.23. The molecule has 1 aromatic heterocycles. The number of hydrogen-bond acceptors (Lipinski definition) is 3. The van der Waals surface area contributed by atoms with Crippen molar-refractivity contribution in [3.8, 4) is 0 Å². The zero-order valence-electron chi connectivity index (χ0n) is 10.1. The lowest BCUT2D eigenvalue weighted by Crippen LogP contribution is -2.29. The van der Waals surface area contributed by atoms with Crippen LogP contribution in [-0.4, -0.2) is 16.7 Å². The molecule has 1 aliphatic heterocycles. The normalized spacial score (nSPS) is 13.8. The number of halogens is 2. The number of carbonyl (C=O) groups is 2. The lowest BCUT2D eigenvalue weighted by Gasteiger charge is -2.16. The number of fused-ring (bicyclic) bond motifs is 1. The van der Waals surface area contributed by atoms with Crippen LogP contribution in [0.15, 0.2) is 41.0 Å². The molecule has 0 bridgehead atoms. The van der Waals surface area contributed by atoms with Gasteiger partial charge < -0.3 is 4.90 Å². The second-order valence-electron chi connectivity index (χ2n) is 4.37. The molecule has 3 rings (SSSR count). The number of ketones is 1. The van der Waals surface area contributed by atoms with Crippen molar-refractivity contribution < 1.29 is 9.59 Å². The molecule has 0 atom stereocenters. The van der Waals surface area contributed by atoms with Crippen LogP contribution >= 0.6 is 27.5 Å². The quantitative estimate of drug-likeness (QED) is 0.616. The second kappa shape index (κ2) is 5.00. The SMILES string of the molecule is O=C1C(=O)N(Cc2ccnc(Cl)c2)c2cc(Br)ccc21. The highest BCUT2D eigenvalue weighted by Gasteiger charge is 2.35. The van der Waals surface area contributed by atoms with E-state index in [9.17, 15) is 9.59 Å². The Balaban J connectivity index is 2.01. The number of nitrogens with zero attached hydrogens (tertiary/aromatic N) is 2. The molecule has 1 aliphatic rings. The summed E-state index contributed by atoms with van der Waals surface area (Å²) in [6, 6.07) is 8.60. The summed E-state index contributed by atoms with van der Waals surface area (Å²) in [7, 11) is 0. The smallest absolute Gasteiger partial charge is 0.299 e. The van der Waals surface area contributed by atoms with Crippen LogP contribution < -0.4 is 4.90 Å². The first kappa shape index (κ1) is 13.3. The van der Waals surface area contributed by atoms with Gasteiger partial charge in [-0.25, -0.2) is 4.98 Å². The third-order valence-corrected chi connectivity index (χ3v) is 3.77. The van der Waals surface area contributed by atoms with E-state index in [4.69, 9.17) is 11.6 Å². The number of pyridine rings is 1. The van der Waals surface area contributed by atoms with Gasteiger partial charge in [-0.15, -0.1) is 0 Å². The van der Waals surface area contributed by atoms with Crippen molar-refractivity contribution in [1.29, 1.82) is 0 Å². The Hall–Kier alpha value is -1.72. The predicted molar refractivity (Wildman–Crippen MR) is 78.9 cm³/mol. The minimum absolute atomic E-state index is 0.288. The molecule has 0 saturated heterocycles. The summed E-state index contributed by atoms with van der Waals surface area (Å²) < 4.78 is 0.816. The lowest BCUT2D eigenvalue weighted by molar-refractivity contribution is -0.114. The molecule has 2 aromatic rings. The van der Waals surface area contributed by atoms with Crippen LogP contribution in [-0.2, 0) is 11.3 Å². The highest BCUT2D eigenvalue weighted by molar-refractivity contribution is 9.10. The summed E-state index contributed by atoms with van der Waals surface area (Å²) in [4.78, 5) is 29.4. The molecule has 1 amide bonds. The molecule has 1 aromatic carbocycles. The van der Waals surface area contributed by atoms with E-state index in [1.54, 1.807) is 36.5 Å². The molecule has 4 nitrogen and oxygen atoms in total. The summed E-state index contributed by atoms with van der Waals surface area (Å²) in [6.45, 7) is 0.288. The van der Waals surface area contributed by atoms with E-state index >= 15 is 0 Å². The first-order chi connectivity index (χ1) is 9.56. The van der Waals surface area contributed by atoms with Crippen molar-refractivity contribution in [3.63, 3.8) is 0 Å². The minimum Gasteiger partial charge on any atom is -0.300 e. The van der Waals surface area contributed by atoms with Crippen LogP contribution in [0.3, 0.4) is 0 Å². The molecule has 0 unspecified atom stereocenters. The maximum atomic E-state index is 12.1. The Kier molecular flexibility index (Phi) is 3.31. The van der Waals surface area contributed by atoms with E-state index in [0.717, 1.165) is 10.0 Å². The molecular formula is C14H8BrClN2O2. The molecule has 0 N–H and O–H groups in total. The largest absolute Gasteiger partial charge is 0.300 e. The van der Waals surface area contributed by atoms with Gasteiger partial charge in [-0.1, -0.05) is 27.5 Å². The number of hydrogen-bond donors (Lipinski definition) is 0. The van der Waals surface area contributed by atoms with E-state index in [-0.39, 0.29) is 6.54 Å². The number of aromatic nitrogens is 1. The maximum Gasteiger partial charge on any atom is 0.299 e. The van der Waals surface area contributed by atoms with Gasteiger partial charge in [-0.3, -0.25) is 9.59 Å². The summed E-state index contributed by atoms with van der Waals surface area (Å²) >= 11 is 9.18. The van der Waals surface area contributed by atoms with Crippen LogP contribution in [0.1, 0.15) is 15.9 Å². The van der Waals surface area contributed by atoms with E-state index in [0.29, 0.717) is 16.4 Å². The van der Waals surface area contributed by atoms with Crippen molar-refractivity contribution in [2.24, 2.45) is 0 Å². The van der Waals surface area contributed by atoms with Gasteiger partial charge >= 0.3 is 0 Å². The first-order valence-electron chi connectivity index (χ1n) is 5.82. The third-order valence-electron chi connectivity index (χ3n) is 3.07. The molecule has 0 aliphatic carbocycles. The molecule has 20 heavy (non-hydrogen) atoms. The zero-order chi connectivity index (χ0) is 14.3. The third kappa shape index (κ3) is 2.23. The van der Waals surface area contributed by atoms with E-state index in [1.165, 1.54) is 4.90 Å². The first-order valence-corrected chi connectivity index (χ1v) is 6.99. The molecule has 0 saturated carbocycles. The number of benzene rings is 1. The fraction of sp³-hybridized carbons (Fsp3) is 0.0714. The maximum absolute atomic E-state index is 12.1. The summed E-state index contributed by atoms with van der Waals surface area (Å²) in [5, 5.41) is 0.356. The van der Waals surface area contributed by atoms with Crippen LogP contribution in [0.5, 0.6) is 0 Å². The molecule has 2 heterocycles. The van der Waals surface area contributed by atoms with Gasteiger partial charge in [0.15, 0.2) is 0 Å². The van der Waals surface area contributed by atoms with Gasteiger partial charge in [-0.05, 0) is 35.9 Å². The molecule has 6 heteroatoms. The number of rotatable bonds is 2. The molecule has 100 valence electrons. The van der Waals surface area contributed by atoms with Crippen molar-refractivity contribution in [1.82, 2.24) is 4.98 Å². The number of amides is 1. The summed E-state index contributed by atoms with van der Waals surface area (Å²) in [5.74, 6) is -1.00. The van der Waals surface area contributed by atoms with E-state index in [1.807, 2.05) is 0 Å². The van der Waals surface area contributed by atoms with E-state index < -0.39 is 11.7 Å². The highest BCUT2D eigenvalue weighted by atomic mass is 79.9. The topological polar surface area (TPSA) is 50.3 Å². The average Bonchev–Trinajstić information content (AvgIpc) is 2.64. The Bertz CT molecular complexity index is 733. The summed E-state index contributed by atoms with van der Waals surface area (Å²) in [6.07, 6.45) is 1.57. The molecule has 0 radical (unpaired) electrons. The lowest BCUT2D eigenvalue weighted by atomic mass is 10.1. The van der Waals surface area contributed by atoms with Gasteiger partial charge in [0.25, 0.3) is 11.7 Å². The number of anilines is 1. The van der Waals surface area contributed by atoms with Crippen molar-refractivity contribution in [3.05, 3.63) is 57.3 Å². The van der Waals surface area contributed by atoms with Gasteiger partial charge in [-0.2, -0.15) is 0 Å². The van der Waals surface area contributed by atoms with Crippen LogP contribution in [0.25, 0.3) is 0 Å². The Morgan fingerprint density at radius 3 is 2.75 bits per heavy atom. The van der Waals surface area contributed by atoms with Crippen molar-refractivity contribution >= 4 is 44.9 Å². The van der Waals surface area contributed by atoms with Gasteiger partial charge in [0.05, 0.1) is 17.8 Å². The molecule has 0 fully saturated rings. The number of carbonyl (C=O) groups excluding carboxylic acids is 2. The van der Waals surface area contributed by atoms with Gasteiger partial charge in [0.2, 0.25) is 0 Å². The fourth-order valence-electron chi connectivity index (χ4n) is 2.15. The standard InChI is InChI=1S/C14H8BrClN2O2/c15-9-1-2-10-11(6-9)18(14(20)13(10)19)7-8-3-4-17-12(16)5-8/h1-6H,7H2. The van der Waals surface area contributed by atoms with Crippen molar-refractivity contribution in [2.75, 3.05) is 4.90 Å². The van der Waals surface area contributed by atoms with Gasteiger partial charge in [0.1, 0.15) is 5.15 Å². The Morgan fingerprint density at radius 2 is 2.00 bits per heavy atom. The zero-order valence-corrected chi connectivity index (χ0v) is 12.5. The number of Topliss-reactive ketones (excluding diaryl/α,β-unsaturated/α-hetero) is 1. The minimum atomic E-state index is -0.522.